The van der Waals surface area contributed by atoms with Crippen molar-refractivity contribution in [3.8, 4) is 0 Å². The Balaban J connectivity index is 1.52. The fraction of sp³-hybridized carbons (Fsp3) is 1.00. The van der Waals surface area contributed by atoms with Gasteiger partial charge in [-0.05, 0) is 62.4 Å². The van der Waals surface area contributed by atoms with Crippen molar-refractivity contribution in [2.24, 2.45) is 23.7 Å². The van der Waals surface area contributed by atoms with Crippen molar-refractivity contribution in [1.29, 1.82) is 0 Å². The van der Waals surface area contributed by atoms with E-state index in [1.165, 1.54) is 77.3 Å². The van der Waals surface area contributed by atoms with Crippen molar-refractivity contribution in [3.63, 3.8) is 0 Å². The molecule has 4 unspecified atom stereocenters. The lowest BCUT2D eigenvalue weighted by Gasteiger charge is -2.51. The van der Waals surface area contributed by atoms with E-state index in [-0.39, 0.29) is 0 Å². The second kappa shape index (κ2) is 5.96. The molecule has 2 heteroatoms. The van der Waals surface area contributed by atoms with Gasteiger partial charge in [-0.3, -0.25) is 0 Å². The van der Waals surface area contributed by atoms with Crippen LogP contribution in [0, 0.1) is 23.7 Å². The van der Waals surface area contributed by atoms with E-state index in [2.05, 4.69) is 10.6 Å². The van der Waals surface area contributed by atoms with Crippen molar-refractivity contribution in [2.75, 3.05) is 13.1 Å². The molecule has 6 atom stereocenters. The molecule has 0 amide bonds. The maximum atomic E-state index is 3.96. The van der Waals surface area contributed by atoms with Gasteiger partial charge in [0.2, 0.25) is 0 Å². The van der Waals surface area contributed by atoms with Gasteiger partial charge >= 0.3 is 0 Å². The van der Waals surface area contributed by atoms with Crippen molar-refractivity contribution in [2.45, 2.75) is 76.3 Å². The molecule has 0 spiro atoms. The van der Waals surface area contributed by atoms with E-state index in [1.54, 1.807) is 0 Å². The van der Waals surface area contributed by atoms with Crippen LogP contribution in [0.4, 0.5) is 0 Å². The summed E-state index contributed by atoms with van der Waals surface area (Å²) in [5.41, 5.74) is 0. The average Bonchev–Trinajstić information content (AvgIpc) is 2.54. The quantitative estimate of drug-likeness (QED) is 0.768. The highest BCUT2D eigenvalue weighted by atomic mass is 15.1. The summed E-state index contributed by atoms with van der Waals surface area (Å²) in [4.78, 5) is 0. The van der Waals surface area contributed by atoms with Crippen LogP contribution in [0.5, 0.6) is 0 Å². The zero-order valence-corrected chi connectivity index (χ0v) is 12.9. The molecule has 2 saturated heterocycles. The largest absolute Gasteiger partial charge is 0.312 e. The lowest BCUT2D eigenvalue weighted by molar-refractivity contribution is 0.0467. The van der Waals surface area contributed by atoms with Gasteiger partial charge in [-0.2, -0.15) is 0 Å². The van der Waals surface area contributed by atoms with Gasteiger partial charge in [0, 0.05) is 12.1 Å². The van der Waals surface area contributed by atoms with Gasteiger partial charge in [0.05, 0.1) is 0 Å². The number of hydrogen-bond donors (Lipinski definition) is 2. The maximum absolute atomic E-state index is 3.96. The number of rotatable bonds is 1. The van der Waals surface area contributed by atoms with E-state index < -0.39 is 0 Å². The second-order valence-electron chi connectivity index (χ2n) is 7.95. The first-order valence-electron chi connectivity index (χ1n) is 9.40. The van der Waals surface area contributed by atoms with Crippen LogP contribution in [0.3, 0.4) is 0 Å². The van der Waals surface area contributed by atoms with Crippen molar-refractivity contribution in [1.82, 2.24) is 10.6 Å². The van der Waals surface area contributed by atoms with Crippen LogP contribution < -0.4 is 10.6 Å². The molecule has 4 aliphatic rings. The van der Waals surface area contributed by atoms with Crippen LogP contribution in [0.2, 0.25) is 0 Å². The Labute approximate surface area is 124 Å². The summed E-state index contributed by atoms with van der Waals surface area (Å²) >= 11 is 0. The van der Waals surface area contributed by atoms with E-state index in [0.29, 0.717) is 0 Å². The Bertz CT molecular complexity index is 293. The first-order valence-corrected chi connectivity index (χ1v) is 9.40. The summed E-state index contributed by atoms with van der Waals surface area (Å²) < 4.78 is 0. The van der Waals surface area contributed by atoms with Crippen LogP contribution >= 0.6 is 0 Å². The predicted molar refractivity (Wildman–Crippen MR) is 83.7 cm³/mol. The average molecular weight is 276 g/mol. The molecule has 0 radical (unpaired) electrons. The van der Waals surface area contributed by atoms with Crippen LogP contribution in [0.15, 0.2) is 0 Å². The van der Waals surface area contributed by atoms with Gasteiger partial charge in [0.1, 0.15) is 0 Å². The molecule has 0 aromatic carbocycles. The highest BCUT2D eigenvalue weighted by Crippen LogP contribution is 2.43. The maximum Gasteiger partial charge on any atom is 0.0254 e. The first-order chi connectivity index (χ1) is 9.93. The molecule has 4 rings (SSSR count). The molecule has 0 aromatic heterocycles. The minimum absolute atomic E-state index is 0.792. The smallest absolute Gasteiger partial charge is 0.0254 e. The molecule has 4 fully saturated rings. The van der Waals surface area contributed by atoms with E-state index in [0.717, 1.165) is 35.8 Å². The SMILES string of the molecule is C1CCC2C(C1)CCNC2C1NCC[C@@H]2CCCC[C@@H]12. The molecule has 2 heterocycles. The van der Waals surface area contributed by atoms with Gasteiger partial charge in [-0.25, -0.2) is 0 Å². The van der Waals surface area contributed by atoms with Crippen molar-refractivity contribution >= 4 is 0 Å². The molecule has 2 N–H and O–H groups in total. The van der Waals surface area contributed by atoms with Crippen molar-refractivity contribution in [3.05, 3.63) is 0 Å². The number of piperidine rings is 2. The third-order valence-corrected chi connectivity index (χ3v) is 7.04. The topological polar surface area (TPSA) is 24.1 Å². The lowest BCUT2D eigenvalue weighted by atomic mass is 9.63. The van der Waals surface area contributed by atoms with E-state index in [1.807, 2.05) is 0 Å². The normalized spacial score (nSPS) is 49.2. The van der Waals surface area contributed by atoms with Gasteiger partial charge in [0.15, 0.2) is 0 Å². The van der Waals surface area contributed by atoms with Crippen LogP contribution in [0.1, 0.15) is 64.2 Å². The summed E-state index contributed by atoms with van der Waals surface area (Å²) in [6, 6.07) is 1.58. The Morgan fingerprint density at radius 1 is 0.500 bits per heavy atom. The predicted octanol–water partition coefficient (Wildman–Crippen LogP) is 3.32. The summed E-state index contributed by atoms with van der Waals surface area (Å²) in [5, 5.41) is 7.92. The standard InChI is InChI=1S/C18H32N2/c1-3-7-15-13(5-1)9-11-19-17(15)18-16-8-4-2-6-14(16)10-12-20-18/h13-20H,1-12H2/t13-,14?,15+,16?,17?,18?/m0/s1. The molecule has 2 aliphatic carbocycles. The minimum Gasteiger partial charge on any atom is -0.312 e. The van der Waals surface area contributed by atoms with E-state index >= 15 is 0 Å². The van der Waals surface area contributed by atoms with E-state index in [9.17, 15) is 0 Å². The Morgan fingerprint density at radius 3 is 1.45 bits per heavy atom. The number of nitrogens with one attached hydrogen (secondary N) is 2. The Kier molecular flexibility index (Phi) is 4.05. The third-order valence-electron chi connectivity index (χ3n) is 7.04. The number of fused-ring (bicyclic) bond motifs is 2. The van der Waals surface area contributed by atoms with Crippen LogP contribution in [-0.4, -0.2) is 25.2 Å². The second-order valence-corrected chi connectivity index (χ2v) is 7.95. The zero-order chi connectivity index (χ0) is 13.4. The molecule has 20 heavy (non-hydrogen) atoms. The highest BCUT2D eigenvalue weighted by molar-refractivity contribution is 5.01. The number of hydrogen-bond acceptors (Lipinski definition) is 2. The molecular formula is C18H32N2. The summed E-state index contributed by atoms with van der Waals surface area (Å²) in [5.74, 6) is 4.05. The molecule has 0 bridgehead atoms. The van der Waals surface area contributed by atoms with Crippen molar-refractivity contribution < 1.29 is 0 Å². The van der Waals surface area contributed by atoms with E-state index in [4.69, 9.17) is 0 Å². The zero-order valence-electron chi connectivity index (χ0n) is 12.9. The molecular weight excluding hydrogens is 244 g/mol. The molecule has 2 aliphatic heterocycles. The summed E-state index contributed by atoms with van der Waals surface area (Å²) in [7, 11) is 0. The van der Waals surface area contributed by atoms with Gasteiger partial charge in [-0.1, -0.05) is 38.5 Å². The molecule has 114 valence electrons. The fourth-order valence-corrected chi connectivity index (χ4v) is 6.10. The Hall–Kier alpha value is -0.0800. The lowest BCUT2D eigenvalue weighted by Crippen LogP contribution is -2.63. The van der Waals surface area contributed by atoms with Crippen LogP contribution in [0.25, 0.3) is 0 Å². The minimum atomic E-state index is 0.792. The summed E-state index contributed by atoms with van der Waals surface area (Å²) in [6.45, 7) is 2.56. The Morgan fingerprint density at radius 2 is 0.950 bits per heavy atom. The highest BCUT2D eigenvalue weighted by Gasteiger charge is 2.44. The van der Waals surface area contributed by atoms with Gasteiger partial charge in [-0.15, -0.1) is 0 Å². The van der Waals surface area contributed by atoms with Gasteiger partial charge in [0.25, 0.3) is 0 Å². The molecule has 0 aromatic rings. The van der Waals surface area contributed by atoms with Gasteiger partial charge < -0.3 is 10.6 Å². The third kappa shape index (κ3) is 2.43. The monoisotopic (exact) mass is 276 g/mol. The fourth-order valence-electron chi connectivity index (χ4n) is 6.10. The first kappa shape index (κ1) is 13.6. The summed E-state index contributed by atoms with van der Waals surface area (Å²) in [6.07, 6.45) is 14.9. The molecule has 2 saturated carbocycles. The molecule has 2 nitrogen and oxygen atoms in total. The van der Waals surface area contributed by atoms with Crippen LogP contribution in [-0.2, 0) is 0 Å².